The Hall–Kier alpha value is -2.50. The van der Waals surface area contributed by atoms with Crippen molar-refractivity contribution in [3.8, 4) is 0 Å². The van der Waals surface area contributed by atoms with Crippen molar-refractivity contribution < 1.29 is 9.53 Å². The van der Waals surface area contributed by atoms with Crippen molar-refractivity contribution in [1.82, 2.24) is 15.5 Å². The summed E-state index contributed by atoms with van der Waals surface area (Å²) in [6.07, 6.45) is 1.43. The predicted octanol–water partition coefficient (Wildman–Crippen LogP) is 2.90. The van der Waals surface area contributed by atoms with Crippen LogP contribution in [0.4, 0.5) is 10.5 Å². The molecule has 1 aromatic heterocycles. The number of carbonyl (C=O) groups is 1. The molecule has 1 aromatic carbocycles. The highest BCUT2D eigenvalue weighted by Gasteiger charge is 2.31. The van der Waals surface area contributed by atoms with E-state index in [9.17, 15) is 4.79 Å². The van der Waals surface area contributed by atoms with Crippen molar-refractivity contribution in [1.29, 1.82) is 0 Å². The molecule has 0 spiro atoms. The fourth-order valence-electron chi connectivity index (χ4n) is 2.75. The summed E-state index contributed by atoms with van der Waals surface area (Å²) >= 11 is 0. The van der Waals surface area contributed by atoms with E-state index in [4.69, 9.17) is 4.74 Å². The van der Waals surface area contributed by atoms with Crippen LogP contribution in [0.1, 0.15) is 29.8 Å². The highest BCUT2D eigenvalue weighted by Crippen LogP contribution is 2.27. The smallest absolute Gasteiger partial charge is 0.407 e. The maximum absolute atomic E-state index is 11.8. The first-order valence-electron chi connectivity index (χ1n) is 7.87. The Balaban J connectivity index is 1.37. The molecule has 2 aromatic rings. The Kier molecular flexibility index (Phi) is 4.50. The number of ether oxygens (including phenoxy) is 1. The highest BCUT2D eigenvalue weighted by molar-refractivity contribution is 5.68. The van der Waals surface area contributed by atoms with Gasteiger partial charge in [0.25, 0.3) is 0 Å². The normalized spacial score (nSPS) is 19.7. The van der Waals surface area contributed by atoms with Crippen LogP contribution < -0.4 is 10.6 Å². The summed E-state index contributed by atoms with van der Waals surface area (Å²) in [5.41, 5.74) is 4.07. The average molecular weight is 314 g/mol. The van der Waals surface area contributed by atoms with Gasteiger partial charge in [-0.25, -0.2) is 4.79 Å². The van der Waals surface area contributed by atoms with Crippen molar-refractivity contribution in [2.75, 3.05) is 5.32 Å². The Morgan fingerprint density at radius 2 is 2.00 bits per heavy atom. The van der Waals surface area contributed by atoms with Gasteiger partial charge in [-0.2, -0.15) is 5.10 Å². The van der Waals surface area contributed by atoms with Crippen molar-refractivity contribution in [2.45, 2.75) is 45.4 Å². The zero-order chi connectivity index (χ0) is 16.2. The molecule has 0 aliphatic heterocycles. The number of nitrogens with zero attached hydrogens (tertiary/aromatic N) is 1. The number of anilines is 1. The quantitative estimate of drug-likeness (QED) is 0.793. The van der Waals surface area contributed by atoms with Crippen LogP contribution in [0, 0.1) is 13.8 Å². The van der Waals surface area contributed by atoms with Gasteiger partial charge in [0.2, 0.25) is 0 Å². The first-order valence-corrected chi connectivity index (χ1v) is 7.87. The predicted molar refractivity (Wildman–Crippen MR) is 88.3 cm³/mol. The van der Waals surface area contributed by atoms with Gasteiger partial charge >= 0.3 is 6.09 Å². The molecule has 1 heterocycles. The number of benzene rings is 1. The van der Waals surface area contributed by atoms with Crippen molar-refractivity contribution in [3.05, 3.63) is 47.3 Å². The lowest BCUT2D eigenvalue weighted by Crippen LogP contribution is -2.49. The minimum absolute atomic E-state index is 0.170. The second kappa shape index (κ2) is 6.73. The molecule has 23 heavy (non-hydrogen) atoms. The van der Waals surface area contributed by atoms with Crippen LogP contribution in [-0.4, -0.2) is 28.4 Å². The van der Waals surface area contributed by atoms with Gasteiger partial charge < -0.3 is 15.4 Å². The molecule has 0 saturated heterocycles. The lowest BCUT2D eigenvalue weighted by atomic mass is 9.86. The molecule has 6 heteroatoms. The first-order chi connectivity index (χ1) is 11.1. The summed E-state index contributed by atoms with van der Waals surface area (Å²) < 4.78 is 5.23. The van der Waals surface area contributed by atoms with E-state index >= 15 is 0 Å². The summed E-state index contributed by atoms with van der Waals surface area (Å²) in [5.74, 6) is 0. The molecule has 6 nitrogen and oxygen atoms in total. The molecule has 0 atom stereocenters. The largest absolute Gasteiger partial charge is 0.445 e. The van der Waals surface area contributed by atoms with Gasteiger partial charge in [-0.3, -0.25) is 5.10 Å². The monoisotopic (exact) mass is 314 g/mol. The highest BCUT2D eigenvalue weighted by atomic mass is 16.5. The molecule has 0 bridgehead atoms. The zero-order valence-corrected chi connectivity index (χ0v) is 13.4. The van der Waals surface area contributed by atoms with E-state index in [1.54, 1.807) is 0 Å². The summed E-state index contributed by atoms with van der Waals surface area (Å²) in [6, 6.07) is 10.2. The van der Waals surface area contributed by atoms with Crippen LogP contribution >= 0.6 is 0 Å². The Labute approximate surface area is 135 Å². The van der Waals surface area contributed by atoms with Crippen molar-refractivity contribution >= 4 is 11.8 Å². The number of rotatable bonds is 5. The third-order valence-electron chi connectivity index (χ3n) is 4.15. The minimum Gasteiger partial charge on any atom is -0.445 e. The van der Waals surface area contributed by atoms with E-state index in [0.717, 1.165) is 35.5 Å². The SMILES string of the molecule is Cc1n[nH]c(C)c1NC1CC(NC(=O)OCc2ccccc2)C1. The van der Waals surface area contributed by atoms with E-state index in [0.29, 0.717) is 12.6 Å². The zero-order valence-electron chi connectivity index (χ0n) is 13.4. The number of H-pyrrole nitrogens is 1. The first kappa shape index (κ1) is 15.4. The molecule has 1 aliphatic rings. The summed E-state index contributed by atoms with van der Waals surface area (Å²) in [6.45, 7) is 4.27. The number of aromatic amines is 1. The number of amides is 1. The van der Waals surface area contributed by atoms with Crippen LogP contribution in [-0.2, 0) is 11.3 Å². The average Bonchev–Trinajstić information content (AvgIpc) is 2.83. The van der Waals surface area contributed by atoms with Crippen LogP contribution in [0.15, 0.2) is 30.3 Å². The van der Waals surface area contributed by atoms with Gasteiger partial charge in [-0.15, -0.1) is 0 Å². The molecule has 1 aliphatic carbocycles. The Morgan fingerprint density at radius 1 is 1.26 bits per heavy atom. The summed E-state index contributed by atoms with van der Waals surface area (Å²) in [5, 5.41) is 13.5. The maximum atomic E-state index is 11.8. The van der Waals surface area contributed by atoms with Gasteiger partial charge in [-0.1, -0.05) is 30.3 Å². The Bertz CT molecular complexity index is 643. The van der Waals surface area contributed by atoms with E-state index in [2.05, 4.69) is 20.8 Å². The van der Waals surface area contributed by atoms with E-state index in [-0.39, 0.29) is 12.1 Å². The van der Waals surface area contributed by atoms with E-state index in [1.165, 1.54) is 0 Å². The number of aryl methyl sites for hydroxylation is 2. The summed E-state index contributed by atoms with van der Waals surface area (Å²) in [7, 11) is 0. The maximum Gasteiger partial charge on any atom is 0.407 e. The molecule has 1 fully saturated rings. The standard InChI is InChI=1S/C17H22N4O2/c1-11-16(12(2)21-20-11)18-14-8-15(9-14)19-17(22)23-10-13-6-4-3-5-7-13/h3-7,14-15,18H,8-10H2,1-2H3,(H,19,22)(H,20,21). The molecule has 1 amide bonds. The van der Waals surface area contributed by atoms with E-state index < -0.39 is 0 Å². The van der Waals surface area contributed by atoms with Crippen LogP contribution in [0.5, 0.6) is 0 Å². The second-order valence-electron chi connectivity index (χ2n) is 6.02. The molecule has 3 N–H and O–H groups in total. The molecule has 1 saturated carbocycles. The number of hydrogen-bond donors (Lipinski definition) is 3. The van der Waals surface area contributed by atoms with Crippen molar-refractivity contribution in [3.63, 3.8) is 0 Å². The number of aromatic nitrogens is 2. The van der Waals surface area contributed by atoms with Crippen LogP contribution in [0.25, 0.3) is 0 Å². The fraction of sp³-hybridized carbons (Fsp3) is 0.412. The number of hydrogen-bond acceptors (Lipinski definition) is 4. The molecule has 122 valence electrons. The number of nitrogens with one attached hydrogen (secondary N) is 3. The molecular formula is C17H22N4O2. The van der Waals surface area contributed by atoms with Crippen molar-refractivity contribution in [2.24, 2.45) is 0 Å². The van der Waals surface area contributed by atoms with Gasteiger partial charge in [-0.05, 0) is 32.3 Å². The minimum atomic E-state index is -0.354. The van der Waals surface area contributed by atoms with Gasteiger partial charge in [0.1, 0.15) is 6.61 Å². The molecule has 3 rings (SSSR count). The molecule has 0 unspecified atom stereocenters. The number of carbonyl (C=O) groups excluding carboxylic acids is 1. The third-order valence-corrected chi connectivity index (χ3v) is 4.15. The molecule has 0 radical (unpaired) electrons. The fourth-order valence-corrected chi connectivity index (χ4v) is 2.75. The van der Waals surface area contributed by atoms with Gasteiger partial charge in [0.15, 0.2) is 0 Å². The van der Waals surface area contributed by atoms with Crippen LogP contribution in [0.3, 0.4) is 0 Å². The Morgan fingerprint density at radius 3 is 2.65 bits per heavy atom. The lowest BCUT2D eigenvalue weighted by Gasteiger charge is -2.36. The summed E-state index contributed by atoms with van der Waals surface area (Å²) in [4.78, 5) is 11.8. The van der Waals surface area contributed by atoms with Crippen LogP contribution in [0.2, 0.25) is 0 Å². The van der Waals surface area contributed by atoms with Gasteiger partial charge in [0.05, 0.1) is 17.1 Å². The van der Waals surface area contributed by atoms with Gasteiger partial charge in [0, 0.05) is 12.1 Å². The lowest BCUT2D eigenvalue weighted by molar-refractivity contribution is 0.129. The third kappa shape index (κ3) is 3.83. The second-order valence-corrected chi connectivity index (χ2v) is 6.02. The topological polar surface area (TPSA) is 79.0 Å². The number of alkyl carbamates (subject to hydrolysis) is 1. The molecular weight excluding hydrogens is 292 g/mol. The van der Waals surface area contributed by atoms with E-state index in [1.807, 2.05) is 44.2 Å².